The topological polar surface area (TPSA) is 237 Å². The molecule has 0 heterocycles. The number of carbonyl (C=O) groups is 4. The molecule has 0 aliphatic carbocycles. The number of esters is 4. The number of hydrogen-bond acceptors (Lipinski definition) is 15. The molecular formula is C77H150O17P2. The van der Waals surface area contributed by atoms with E-state index in [-0.39, 0.29) is 25.7 Å². The zero-order valence-corrected chi connectivity index (χ0v) is 64.8. The molecule has 0 rings (SSSR count). The summed E-state index contributed by atoms with van der Waals surface area (Å²) in [6.45, 7) is 14.2. The van der Waals surface area contributed by atoms with Crippen molar-refractivity contribution in [3.05, 3.63) is 0 Å². The molecule has 96 heavy (non-hydrogen) atoms. The average molecular weight is 1410 g/mol. The molecule has 570 valence electrons. The molecule has 0 aromatic rings. The Bertz CT molecular complexity index is 1880. The molecule has 0 aromatic carbocycles. The van der Waals surface area contributed by atoms with Crippen molar-refractivity contribution in [3.8, 4) is 0 Å². The van der Waals surface area contributed by atoms with E-state index in [2.05, 4.69) is 55.4 Å². The van der Waals surface area contributed by atoms with Crippen LogP contribution in [-0.2, 0) is 65.4 Å². The Morgan fingerprint density at radius 1 is 0.260 bits per heavy atom. The molecule has 0 spiro atoms. The third-order valence-electron chi connectivity index (χ3n) is 17.8. The summed E-state index contributed by atoms with van der Waals surface area (Å²) in [4.78, 5) is 72.8. The largest absolute Gasteiger partial charge is 0.472 e. The van der Waals surface area contributed by atoms with E-state index >= 15 is 0 Å². The number of aliphatic hydroxyl groups is 1. The fraction of sp³-hybridized carbons (Fsp3) is 0.948. The van der Waals surface area contributed by atoms with Crippen molar-refractivity contribution in [1.29, 1.82) is 0 Å². The van der Waals surface area contributed by atoms with Gasteiger partial charge in [-0.05, 0) is 49.4 Å². The smallest absolute Gasteiger partial charge is 0.462 e. The van der Waals surface area contributed by atoms with Gasteiger partial charge in [0, 0.05) is 25.7 Å². The molecule has 0 aliphatic heterocycles. The number of phosphoric acid groups is 2. The first kappa shape index (κ1) is 94.1. The number of ether oxygens (including phenoxy) is 4. The van der Waals surface area contributed by atoms with E-state index in [1.54, 1.807) is 0 Å². The van der Waals surface area contributed by atoms with Gasteiger partial charge in [-0.15, -0.1) is 0 Å². The van der Waals surface area contributed by atoms with Crippen molar-refractivity contribution in [2.45, 2.75) is 408 Å². The van der Waals surface area contributed by atoms with Crippen molar-refractivity contribution in [2.24, 2.45) is 23.7 Å². The highest BCUT2D eigenvalue weighted by molar-refractivity contribution is 7.47. The SMILES string of the molecule is CC(C)CCCCCCCCCCCCCCCCCC(=O)OC[C@H](COP(=O)(O)OCC(O)COP(=O)(O)OC[C@@H](COC(=O)CCCCCCCCCCC(C)C)OC(=O)CCCCCCCCCC(C)C)OC(=O)CCCCCCCCCCCCCCCCC(C)C. The number of carbonyl (C=O) groups excluding carboxylic acids is 4. The van der Waals surface area contributed by atoms with E-state index in [9.17, 15) is 43.2 Å². The molecule has 0 saturated heterocycles. The van der Waals surface area contributed by atoms with Crippen LogP contribution in [-0.4, -0.2) is 96.7 Å². The van der Waals surface area contributed by atoms with Gasteiger partial charge in [-0.2, -0.15) is 0 Å². The van der Waals surface area contributed by atoms with Gasteiger partial charge < -0.3 is 33.8 Å². The molecule has 0 fully saturated rings. The molecule has 0 saturated carbocycles. The summed E-state index contributed by atoms with van der Waals surface area (Å²) < 4.78 is 68.5. The Morgan fingerprint density at radius 3 is 0.646 bits per heavy atom. The molecule has 5 atom stereocenters. The number of aliphatic hydroxyl groups excluding tert-OH is 1. The highest BCUT2D eigenvalue weighted by atomic mass is 31.2. The second-order valence-electron chi connectivity index (χ2n) is 29.7. The monoisotopic (exact) mass is 1410 g/mol. The molecule has 0 aromatic heterocycles. The van der Waals surface area contributed by atoms with Gasteiger partial charge in [0.05, 0.1) is 26.4 Å². The number of hydrogen-bond donors (Lipinski definition) is 3. The predicted molar refractivity (Wildman–Crippen MR) is 391 cm³/mol. The molecule has 3 unspecified atom stereocenters. The summed E-state index contributed by atoms with van der Waals surface area (Å²) in [6, 6.07) is 0. The van der Waals surface area contributed by atoms with Crippen molar-refractivity contribution in [1.82, 2.24) is 0 Å². The van der Waals surface area contributed by atoms with Crippen molar-refractivity contribution < 1.29 is 80.2 Å². The van der Waals surface area contributed by atoms with E-state index in [4.69, 9.17) is 37.0 Å². The maximum Gasteiger partial charge on any atom is 0.472 e. The van der Waals surface area contributed by atoms with E-state index in [0.29, 0.717) is 31.6 Å². The summed E-state index contributed by atoms with van der Waals surface area (Å²) in [5.41, 5.74) is 0. The molecule has 19 heteroatoms. The fourth-order valence-corrected chi connectivity index (χ4v) is 13.3. The molecule has 0 radical (unpaired) electrons. The third-order valence-corrected chi connectivity index (χ3v) is 19.7. The van der Waals surface area contributed by atoms with Crippen LogP contribution in [0.3, 0.4) is 0 Å². The van der Waals surface area contributed by atoms with Crippen molar-refractivity contribution in [3.63, 3.8) is 0 Å². The van der Waals surface area contributed by atoms with E-state index in [0.717, 1.165) is 108 Å². The molecular weight excluding hydrogens is 1260 g/mol. The van der Waals surface area contributed by atoms with Crippen LogP contribution >= 0.6 is 15.6 Å². The zero-order valence-electron chi connectivity index (χ0n) is 63.0. The zero-order chi connectivity index (χ0) is 71.0. The standard InChI is InChI=1S/C77H150O17P2/c1-67(2)53-45-37-29-22-18-14-10-9-11-16-20-24-33-41-49-57-74(79)87-63-72(93-76(81)59-51-43-35-25-21-17-13-12-15-19-23-30-38-46-54-68(3)4)65-91-95(83,84)89-61-71(78)62-90-96(85,86)92-66-73(94-77(82)60-52-44-36-28-32-40-48-56-70(7)8)64-88-75(80)58-50-42-34-27-26-31-39-47-55-69(5)6/h67-73,78H,9-66H2,1-8H3,(H,83,84)(H,85,86)/t71?,72-,73-/m1/s1. The summed E-state index contributed by atoms with van der Waals surface area (Å²) in [5.74, 6) is 0.902. The highest BCUT2D eigenvalue weighted by Crippen LogP contribution is 2.45. The van der Waals surface area contributed by atoms with Crippen molar-refractivity contribution in [2.75, 3.05) is 39.6 Å². The molecule has 0 aliphatic rings. The van der Waals surface area contributed by atoms with Gasteiger partial charge >= 0.3 is 39.5 Å². The Kier molecular flexibility index (Phi) is 65.0. The van der Waals surface area contributed by atoms with E-state index in [1.165, 1.54) is 193 Å². The molecule has 0 bridgehead atoms. The third kappa shape index (κ3) is 70.5. The van der Waals surface area contributed by atoms with Gasteiger partial charge in [0.25, 0.3) is 0 Å². The first-order valence-corrected chi connectivity index (χ1v) is 42.7. The Labute approximate surface area is 588 Å². The predicted octanol–water partition coefficient (Wildman–Crippen LogP) is 22.4. The lowest BCUT2D eigenvalue weighted by atomic mass is 10.0. The Balaban J connectivity index is 5.23. The van der Waals surface area contributed by atoms with Gasteiger partial charge in [0.2, 0.25) is 0 Å². The minimum absolute atomic E-state index is 0.103. The maximum absolute atomic E-state index is 13.1. The lowest BCUT2D eigenvalue weighted by molar-refractivity contribution is -0.161. The molecule has 3 N–H and O–H groups in total. The number of unbranched alkanes of at least 4 members (excludes halogenated alkanes) is 40. The van der Waals surface area contributed by atoms with Crippen LogP contribution in [0.2, 0.25) is 0 Å². The van der Waals surface area contributed by atoms with E-state index in [1.807, 2.05) is 0 Å². The minimum atomic E-state index is -4.96. The van der Waals surface area contributed by atoms with Crippen LogP contribution < -0.4 is 0 Å². The first-order chi connectivity index (χ1) is 46.1. The van der Waals surface area contributed by atoms with Gasteiger partial charge in [-0.3, -0.25) is 37.3 Å². The van der Waals surface area contributed by atoms with Gasteiger partial charge in [0.1, 0.15) is 19.3 Å². The fourth-order valence-electron chi connectivity index (χ4n) is 11.7. The van der Waals surface area contributed by atoms with E-state index < -0.39 is 97.5 Å². The van der Waals surface area contributed by atoms with Gasteiger partial charge in [0.15, 0.2) is 12.2 Å². The quantitative estimate of drug-likeness (QED) is 0.0222. The number of rotatable bonds is 74. The highest BCUT2D eigenvalue weighted by Gasteiger charge is 2.30. The molecule has 0 amide bonds. The first-order valence-electron chi connectivity index (χ1n) is 39.7. The maximum atomic E-state index is 13.1. The van der Waals surface area contributed by atoms with Crippen LogP contribution in [0.5, 0.6) is 0 Å². The Morgan fingerprint density at radius 2 is 0.438 bits per heavy atom. The summed E-state index contributed by atoms with van der Waals surface area (Å²) in [7, 11) is -9.91. The summed E-state index contributed by atoms with van der Waals surface area (Å²) in [5, 5.41) is 10.6. The second-order valence-corrected chi connectivity index (χ2v) is 32.6. The van der Waals surface area contributed by atoms with Crippen molar-refractivity contribution >= 4 is 39.5 Å². The number of phosphoric ester groups is 2. The lowest BCUT2D eigenvalue weighted by Gasteiger charge is -2.21. The van der Waals surface area contributed by atoms with Crippen LogP contribution in [0.1, 0.15) is 389 Å². The van der Waals surface area contributed by atoms with Gasteiger partial charge in [-0.1, -0.05) is 338 Å². The van der Waals surface area contributed by atoms with Crippen LogP contribution in [0.25, 0.3) is 0 Å². The lowest BCUT2D eigenvalue weighted by Crippen LogP contribution is -2.30. The summed E-state index contributed by atoms with van der Waals surface area (Å²) >= 11 is 0. The van der Waals surface area contributed by atoms with Crippen LogP contribution in [0.15, 0.2) is 0 Å². The Hall–Kier alpha value is -1.94. The van der Waals surface area contributed by atoms with Gasteiger partial charge in [-0.25, -0.2) is 9.13 Å². The van der Waals surface area contributed by atoms with Crippen LogP contribution in [0, 0.1) is 23.7 Å². The average Bonchev–Trinajstić information content (AvgIpc) is 2.91. The minimum Gasteiger partial charge on any atom is -0.462 e. The van der Waals surface area contributed by atoms with Crippen LogP contribution in [0.4, 0.5) is 0 Å². The second kappa shape index (κ2) is 66.3. The summed E-state index contributed by atoms with van der Waals surface area (Å²) in [6.07, 6.45) is 51.5. The normalized spacial score (nSPS) is 14.1. The molecule has 17 nitrogen and oxygen atoms in total.